The van der Waals surface area contributed by atoms with E-state index in [1.54, 1.807) is 0 Å². The lowest BCUT2D eigenvalue weighted by Gasteiger charge is -2.10. The zero-order chi connectivity index (χ0) is 11.0. The van der Waals surface area contributed by atoms with Crippen LogP contribution in [0.1, 0.15) is 30.7 Å². The zero-order valence-corrected chi connectivity index (χ0v) is 9.02. The summed E-state index contributed by atoms with van der Waals surface area (Å²) in [6.45, 7) is 0. The quantitative estimate of drug-likeness (QED) is 0.725. The van der Waals surface area contributed by atoms with Crippen molar-refractivity contribution in [3.63, 3.8) is 0 Å². The molecular formula is C14H13NO. The molecule has 1 saturated carbocycles. The SMILES string of the molecule is O=C1CCC(c2cccc3cccnc23)C1. The van der Waals surface area contributed by atoms with Crippen molar-refractivity contribution in [2.24, 2.45) is 0 Å². The van der Waals surface area contributed by atoms with Crippen LogP contribution in [0.15, 0.2) is 36.5 Å². The molecule has 2 heteroatoms. The number of fused-ring (bicyclic) bond motifs is 1. The number of pyridine rings is 1. The maximum absolute atomic E-state index is 11.3. The van der Waals surface area contributed by atoms with Gasteiger partial charge in [0.1, 0.15) is 5.78 Å². The molecule has 2 aromatic rings. The number of ketones is 1. The molecule has 3 rings (SSSR count). The highest BCUT2D eigenvalue weighted by Crippen LogP contribution is 2.35. The molecule has 80 valence electrons. The van der Waals surface area contributed by atoms with Crippen molar-refractivity contribution in [1.82, 2.24) is 4.98 Å². The number of para-hydroxylation sites is 1. The first-order valence-electron chi connectivity index (χ1n) is 5.70. The largest absolute Gasteiger partial charge is 0.300 e. The highest BCUT2D eigenvalue weighted by atomic mass is 16.1. The third kappa shape index (κ3) is 1.51. The van der Waals surface area contributed by atoms with Crippen LogP contribution in [-0.4, -0.2) is 10.8 Å². The van der Waals surface area contributed by atoms with Gasteiger partial charge in [-0.2, -0.15) is 0 Å². The Morgan fingerprint density at radius 3 is 2.88 bits per heavy atom. The van der Waals surface area contributed by atoms with Crippen molar-refractivity contribution >= 4 is 16.7 Å². The van der Waals surface area contributed by atoms with E-state index in [-0.39, 0.29) is 0 Å². The summed E-state index contributed by atoms with van der Waals surface area (Å²) in [5.74, 6) is 0.768. The van der Waals surface area contributed by atoms with Crippen molar-refractivity contribution < 1.29 is 4.79 Å². The van der Waals surface area contributed by atoms with Gasteiger partial charge in [0.05, 0.1) is 5.52 Å². The van der Waals surface area contributed by atoms with Gasteiger partial charge in [-0.3, -0.25) is 9.78 Å². The van der Waals surface area contributed by atoms with Crippen LogP contribution in [-0.2, 0) is 4.79 Å². The molecule has 0 bridgehead atoms. The van der Waals surface area contributed by atoms with Crippen LogP contribution in [0.25, 0.3) is 10.9 Å². The Morgan fingerprint density at radius 2 is 2.06 bits per heavy atom. The van der Waals surface area contributed by atoms with Gasteiger partial charge in [0, 0.05) is 24.4 Å². The Kier molecular flexibility index (Phi) is 2.21. The number of hydrogen-bond donors (Lipinski definition) is 0. The summed E-state index contributed by atoms with van der Waals surface area (Å²) in [6, 6.07) is 10.3. The van der Waals surface area contributed by atoms with Gasteiger partial charge in [-0.05, 0) is 24.0 Å². The molecule has 1 aromatic carbocycles. The lowest BCUT2D eigenvalue weighted by molar-refractivity contribution is -0.117. The van der Waals surface area contributed by atoms with Gasteiger partial charge in [-0.1, -0.05) is 24.3 Å². The molecule has 1 heterocycles. The number of aromatic nitrogens is 1. The summed E-state index contributed by atoms with van der Waals surface area (Å²) >= 11 is 0. The van der Waals surface area contributed by atoms with E-state index in [0.717, 1.165) is 18.4 Å². The first kappa shape index (κ1) is 9.52. The van der Waals surface area contributed by atoms with Crippen molar-refractivity contribution in [3.05, 3.63) is 42.1 Å². The number of rotatable bonds is 1. The second kappa shape index (κ2) is 3.71. The van der Waals surface area contributed by atoms with Crippen LogP contribution >= 0.6 is 0 Å². The molecule has 1 unspecified atom stereocenters. The van der Waals surface area contributed by atoms with E-state index in [0.29, 0.717) is 18.1 Å². The molecule has 1 aromatic heterocycles. The lowest BCUT2D eigenvalue weighted by Crippen LogP contribution is -1.96. The van der Waals surface area contributed by atoms with E-state index >= 15 is 0 Å². The molecule has 1 fully saturated rings. The standard InChI is InChI=1S/C14H13NO/c16-12-7-6-11(9-12)13-5-1-3-10-4-2-8-15-14(10)13/h1-5,8,11H,6-7,9H2. The fraction of sp³-hybridized carbons (Fsp3) is 0.286. The minimum absolute atomic E-state index is 0.381. The first-order chi connectivity index (χ1) is 7.84. The van der Waals surface area contributed by atoms with Gasteiger partial charge in [0.25, 0.3) is 0 Å². The smallest absolute Gasteiger partial charge is 0.133 e. The lowest BCUT2D eigenvalue weighted by atomic mass is 9.95. The molecule has 0 aliphatic heterocycles. The normalized spacial score (nSPS) is 20.5. The summed E-state index contributed by atoms with van der Waals surface area (Å²) in [4.78, 5) is 15.8. The Morgan fingerprint density at radius 1 is 1.19 bits per heavy atom. The topological polar surface area (TPSA) is 30.0 Å². The average molecular weight is 211 g/mol. The molecule has 1 aliphatic carbocycles. The Balaban J connectivity index is 2.13. The number of carbonyl (C=O) groups is 1. The van der Waals surface area contributed by atoms with E-state index in [4.69, 9.17) is 0 Å². The molecule has 2 nitrogen and oxygen atoms in total. The molecule has 0 spiro atoms. The highest BCUT2D eigenvalue weighted by Gasteiger charge is 2.24. The van der Waals surface area contributed by atoms with Crippen LogP contribution in [0.3, 0.4) is 0 Å². The molecule has 0 radical (unpaired) electrons. The monoisotopic (exact) mass is 211 g/mol. The van der Waals surface area contributed by atoms with Crippen LogP contribution in [0.4, 0.5) is 0 Å². The zero-order valence-electron chi connectivity index (χ0n) is 9.02. The number of carbonyl (C=O) groups excluding carboxylic acids is 1. The van der Waals surface area contributed by atoms with Crippen LogP contribution < -0.4 is 0 Å². The van der Waals surface area contributed by atoms with E-state index < -0.39 is 0 Å². The van der Waals surface area contributed by atoms with Crippen molar-refractivity contribution in [1.29, 1.82) is 0 Å². The summed E-state index contributed by atoms with van der Waals surface area (Å²) in [5, 5.41) is 1.17. The maximum atomic E-state index is 11.3. The van der Waals surface area contributed by atoms with E-state index in [1.807, 2.05) is 12.3 Å². The average Bonchev–Trinajstić information content (AvgIpc) is 2.75. The van der Waals surface area contributed by atoms with Crippen molar-refractivity contribution in [3.8, 4) is 0 Å². The summed E-state index contributed by atoms with van der Waals surface area (Å²) in [7, 11) is 0. The van der Waals surface area contributed by atoms with E-state index in [2.05, 4.69) is 29.2 Å². The minimum Gasteiger partial charge on any atom is -0.300 e. The first-order valence-corrected chi connectivity index (χ1v) is 5.70. The van der Waals surface area contributed by atoms with E-state index in [1.165, 1.54) is 10.9 Å². The van der Waals surface area contributed by atoms with Gasteiger partial charge in [-0.25, -0.2) is 0 Å². The van der Waals surface area contributed by atoms with Gasteiger partial charge in [0.2, 0.25) is 0 Å². The summed E-state index contributed by atoms with van der Waals surface area (Å²) in [6.07, 6.45) is 4.22. The predicted molar refractivity (Wildman–Crippen MR) is 63.3 cm³/mol. The van der Waals surface area contributed by atoms with Crippen molar-refractivity contribution in [2.75, 3.05) is 0 Å². The van der Waals surface area contributed by atoms with Gasteiger partial charge in [-0.15, -0.1) is 0 Å². The molecule has 1 aliphatic rings. The Hall–Kier alpha value is -1.70. The molecule has 0 amide bonds. The third-order valence-electron chi connectivity index (χ3n) is 3.35. The predicted octanol–water partition coefficient (Wildman–Crippen LogP) is 3.07. The summed E-state index contributed by atoms with van der Waals surface area (Å²) < 4.78 is 0. The molecular weight excluding hydrogens is 198 g/mol. The van der Waals surface area contributed by atoms with Gasteiger partial charge < -0.3 is 0 Å². The fourth-order valence-electron chi connectivity index (χ4n) is 2.54. The fourth-order valence-corrected chi connectivity index (χ4v) is 2.54. The van der Waals surface area contributed by atoms with Crippen LogP contribution in [0, 0.1) is 0 Å². The van der Waals surface area contributed by atoms with Crippen molar-refractivity contribution in [2.45, 2.75) is 25.2 Å². The molecule has 1 atom stereocenters. The second-order valence-corrected chi connectivity index (χ2v) is 4.40. The second-order valence-electron chi connectivity index (χ2n) is 4.40. The molecule has 16 heavy (non-hydrogen) atoms. The molecule has 0 N–H and O–H groups in total. The van der Waals surface area contributed by atoms with Crippen LogP contribution in [0.5, 0.6) is 0 Å². The number of hydrogen-bond acceptors (Lipinski definition) is 2. The van der Waals surface area contributed by atoms with E-state index in [9.17, 15) is 4.79 Å². The highest BCUT2D eigenvalue weighted by molar-refractivity contribution is 5.86. The van der Waals surface area contributed by atoms with Gasteiger partial charge >= 0.3 is 0 Å². The number of benzene rings is 1. The third-order valence-corrected chi connectivity index (χ3v) is 3.35. The van der Waals surface area contributed by atoms with Crippen LogP contribution in [0.2, 0.25) is 0 Å². The Bertz CT molecular complexity index is 542. The molecule has 0 saturated heterocycles. The maximum Gasteiger partial charge on any atom is 0.133 e. The minimum atomic E-state index is 0.381. The summed E-state index contributed by atoms with van der Waals surface area (Å²) in [5.41, 5.74) is 2.30. The van der Waals surface area contributed by atoms with Gasteiger partial charge in [0.15, 0.2) is 0 Å². The number of nitrogens with zero attached hydrogens (tertiary/aromatic N) is 1. The number of Topliss-reactive ketones (excluding diaryl/α,β-unsaturated/α-hetero) is 1. The Labute approximate surface area is 94.3 Å².